The van der Waals surface area contributed by atoms with Gasteiger partial charge in [-0.3, -0.25) is 0 Å². The number of nitriles is 1. The first-order chi connectivity index (χ1) is 8.74. The molecule has 0 spiro atoms. The van der Waals surface area contributed by atoms with Crippen molar-refractivity contribution >= 4 is 0 Å². The van der Waals surface area contributed by atoms with E-state index in [1.807, 2.05) is 6.07 Å². The SMILES string of the molecule is N#Cc1cc(F)ccc1OC1CCCCC1CN. The number of halogens is 1. The van der Waals surface area contributed by atoms with Gasteiger partial charge in [0.05, 0.1) is 5.56 Å². The molecule has 0 amide bonds. The second-order valence-electron chi connectivity index (χ2n) is 4.69. The molecule has 0 radical (unpaired) electrons. The molecule has 2 unspecified atom stereocenters. The Balaban J connectivity index is 2.15. The first-order valence-electron chi connectivity index (χ1n) is 6.31. The summed E-state index contributed by atoms with van der Waals surface area (Å²) in [5.41, 5.74) is 5.98. The maximum absolute atomic E-state index is 13.0. The highest BCUT2D eigenvalue weighted by atomic mass is 19.1. The molecule has 0 saturated heterocycles. The van der Waals surface area contributed by atoms with Crippen LogP contribution in [0, 0.1) is 23.1 Å². The van der Waals surface area contributed by atoms with Crippen molar-refractivity contribution in [1.29, 1.82) is 5.26 Å². The van der Waals surface area contributed by atoms with E-state index < -0.39 is 5.82 Å². The normalized spacial score (nSPS) is 23.4. The van der Waals surface area contributed by atoms with Gasteiger partial charge in [-0.05, 0) is 44.0 Å². The Labute approximate surface area is 106 Å². The van der Waals surface area contributed by atoms with Crippen LogP contribution in [0.5, 0.6) is 5.75 Å². The molecule has 1 aromatic carbocycles. The van der Waals surface area contributed by atoms with Gasteiger partial charge in [0.15, 0.2) is 0 Å². The van der Waals surface area contributed by atoms with Crippen molar-refractivity contribution < 1.29 is 9.13 Å². The van der Waals surface area contributed by atoms with Crippen LogP contribution in [0.3, 0.4) is 0 Å². The summed E-state index contributed by atoms with van der Waals surface area (Å²) in [6, 6.07) is 6.01. The molecule has 2 rings (SSSR count). The Morgan fingerprint density at radius 3 is 2.89 bits per heavy atom. The summed E-state index contributed by atoms with van der Waals surface area (Å²) in [4.78, 5) is 0. The molecule has 2 N–H and O–H groups in total. The maximum atomic E-state index is 13.0. The maximum Gasteiger partial charge on any atom is 0.137 e. The highest BCUT2D eigenvalue weighted by Crippen LogP contribution is 2.29. The molecule has 96 valence electrons. The Bertz CT molecular complexity index is 456. The molecule has 1 fully saturated rings. The highest BCUT2D eigenvalue weighted by molar-refractivity contribution is 5.43. The van der Waals surface area contributed by atoms with Crippen LogP contribution >= 0.6 is 0 Å². The number of hydrogen-bond donors (Lipinski definition) is 1. The third kappa shape index (κ3) is 2.80. The average Bonchev–Trinajstić information content (AvgIpc) is 2.41. The van der Waals surface area contributed by atoms with Gasteiger partial charge in [-0.25, -0.2) is 4.39 Å². The van der Waals surface area contributed by atoms with Crippen molar-refractivity contribution in [3.8, 4) is 11.8 Å². The number of nitrogens with zero attached hydrogens (tertiary/aromatic N) is 1. The van der Waals surface area contributed by atoms with Crippen LogP contribution in [0.15, 0.2) is 18.2 Å². The van der Waals surface area contributed by atoms with Gasteiger partial charge in [0, 0.05) is 5.92 Å². The smallest absolute Gasteiger partial charge is 0.137 e. The van der Waals surface area contributed by atoms with E-state index in [9.17, 15) is 4.39 Å². The summed E-state index contributed by atoms with van der Waals surface area (Å²) in [7, 11) is 0. The first-order valence-corrected chi connectivity index (χ1v) is 6.31. The molecular formula is C14H17FN2O. The van der Waals surface area contributed by atoms with E-state index in [0.717, 1.165) is 19.3 Å². The minimum Gasteiger partial charge on any atom is -0.489 e. The summed E-state index contributed by atoms with van der Waals surface area (Å²) >= 11 is 0. The van der Waals surface area contributed by atoms with Gasteiger partial charge in [0.2, 0.25) is 0 Å². The number of hydrogen-bond acceptors (Lipinski definition) is 3. The number of nitrogens with two attached hydrogens (primary N) is 1. The predicted molar refractivity (Wildman–Crippen MR) is 66.5 cm³/mol. The van der Waals surface area contributed by atoms with Crippen LogP contribution in [0.2, 0.25) is 0 Å². The summed E-state index contributed by atoms with van der Waals surface area (Å²) in [5, 5.41) is 8.97. The van der Waals surface area contributed by atoms with Gasteiger partial charge in [0.1, 0.15) is 23.7 Å². The zero-order valence-corrected chi connectivity index (χ0v) is 10.2. The van der Waals surface area contributed by atoms with E-state index in [4.69, 9.17) is 15.7 Å². The molecule has 18 heavy (non-hydrogen) atoms. The summed E-state index contributed by atoms with van der Waals surface area (Å²) in [6.07, 6.45) is 4.34. The van der Waals surface area contributed by atoms with Crippen molar-refractivity contribution in [1.82, 2.24) is 0 Å². The fourth-order valence-electron chi connectivity index (χ4n) is 2.45. The average molecular weight is 248 g/mol. The van der Waals surface area contributed by atoms with Crippen LogP contribution in [0.25, 0.3) is 0 Å². The van der Waals surface area contributed by atoms with Gasteiger partial charge in [-0.15, -0.1) is 0 Å². The lowest BCUT2D eigenvalue weighted by atomic mass is 9.86. The third-order valence-corrected chi connectivity index (χ3v) is 3.48. The molecule has 1 aromatic rings. The Morgan fingerprint density at radius 2 is 2.17 bits per heavy atom. The topological polar surface area (TPSA) is 59.0 Å². The highest BCUT2D eigenvalue weighted by Gasteiger charge is 2.26. The lowest BCUT2D eigenvalue weighted by Crippen LogP contribution is -2.35. The Kier molecular flexibility index (Phi) is 4.16. The van der Waals surface area contributed by atoms with Crippen LogP contribution in [0.4, 0.5) is 4.39 Å². The number of benzene rings is 1. The second kappa shape index (κ2) is 5.83. The van der Waals surface area contributed by atoms with Crippen molar-refractivity contribution in [3.05, 3.63) is 29.6 Å². The molecule has 0 bridgehead atoms. The molecule has 1 aliphatic rings. The van der Waals surface area contributed by atoms with Crippen molar-refractivity contribution in [2.24, 2.45) is 11.7 Å². The summed E-state index contributed by atoms with van der Waals surface area (Å²) in [5.74, 6) is 0.373. The molecule has 2 atom stereocenters. The van der Waals surface area contributed by atoms with E-state index in [-0.39, 0.29) is 11.7 Å². The van der Waals surface area contributed by atoms with Gasteiger partial charge < -0.3 is 10.5 Å². The lowest BCUT2D eigenvalue weighted by molar-refractivity contribution is 0.0966. The van der Waals surface area contributed by atoms with E-state index >= 15 is 0 Å². The summed E-state index contributed by atoms with van der Waals surface area (Å²) in [6.45, 7) is 0.591. The molecule has 1 saturated carbocycles. The van der Waals surface area contributed by atoms with Crippen molar-refractivity contribution in [2.75, 3.05) is 6.54 Å². The molecule has 4 heteroatoms. The molecule has 1 aliphatic carbocycles. The predicted octanol–water partition coefficient (Wildman–Crippen LogP) is 2.59. The monoisotopic (exact) mass is 248 g/mol. The zero-order chi connectivity index (χ0) is 13.0. The second-order valence-corrected chi connectivity index (χ2v) is 4.69. The lowest BCUT2D eigenvalue weighted by Gasteiger charge is -2.31. The van der Waals surface area contributed by atoms with Crippen molar-refractivity contribution in [3.63, 3.8) is 0 Å². The summed E-state index contributed by atoms with van der Waals surface area (Å²) < 4.78 is 18.9. The fraction of sp³-hybridized carbons (Fsp3) is 0.500. The number of ether oxygens (including phenoxy) is 1. The quantitative estimate of drug-likeness (QED) is 0.894. The van der Waals surface area contributed by atoms with E-state index in [0.29, 0.717) is 18.2 Å². The molecule has 0 heterocycles. The van der Waals surface area contributed by atoms with Gasteiger partial charge in [-0.2, -0.15) is 5.26 Å². The Hall–Kier alpha value is -1.60. The van der Waals surface area contributed by atoms with Crippen LogP contribution < -0.4 is 10.5 Å². The van der Waals surface area contributed by atoms with Gasteiger partial charge in [0.25, 0.3) is 0 Å². The number of rotatable bonds is 3. The van der Waals surface area contributed by atoms with E-state index in [1.54, 1.807) is 0 Å². The van der Waals surface area contributed by atoms with E-state index in [2.05, 4.69) is 0 Å². The van der Waals surface area contributed by atoms with Gasteiger partial charge >= 0.3 is 0 Å². The molecular weight excluding hydrogens is 231 g/mol. The zero-order valence-electron chi connectivity index (χ0n) is 10.2. The fourth-order valence-corrected chi connectivity index (χ4v) is 2.45. The molecule has 3 nitrogen and oxygen atoms in total. The first kappa shape index (κ1) is 12.8. The molecule has 0 aromatic heterocycles. The minimum atomic E-state index is -0.419. The van der Waals surface area contributed by atoms with Crippen LogP contribution in [0.1, 0.15) is 31.2 Å². The third-order valence-electron chi connectivity index (χ3n) is 3.48. The standard InChI is InChI=1S/C14H17FN2O/c15-12-5-6-14(11(7-12)9-17)18-13-4-2-1-3-10(13)8-16/h5-7,10,13H,1-4,8,16H2. The van der Waals surface area contributed by atoms with Gasteiger partial charge in [-0.1, -0.05) is 6.42 Å². The molecule has 0 aliphatic heterocycles. The largest absolute Gasteiger partial charge is 0.489 e. The Morgan fingerprint density at radius 1 is 1.39 bits per heavy atom. The van der Waals surface area contributed by atoms with Crippen LogP contribution in [-0.4, -0.2) is 12.6 Å². The van der Waals surface area contributed by atoms with Crippen LogP contribution in [-0.2, 0) is 0 Å². The van der Waals surface area contributed by atoms with Crippen molar-refractivity contribution in [2.45, 2.75) is 31.8 Å². The minimum absolute atomic E-state index is 0.0429. The van der Waals surface area contributed by atoms with E-state index in [1.165, 1.54) is 24.6 Å².